The number of nitrogens with one attached hydrogen (secondary N) is 1. The summed E-state index contributed by atoms with van der Waals surface area (Å²) < 4.78 is 0. The second-order valence-electron chi connectivity index (χ2n) is 5.15. The molecular weight excluding hydrogens is 296 g/mol. The van der Waals surface area contributed by atoms with E-state index in [4.69, 9.17) is 0 Å². The van der Waals surface area contributed by atoms with Crippen molar-refractivity contribution in [3.63, 3.8) is 0 Å². The summed E-state index contributed by atoms with van der Waals surface area (Å²) in [7, 11) is 0. The fourth-order valence-corrected chi connectivity index (χ4v) is 4.15. The molecule has 0 amide bonds. The van der Waals surface area contributed by atoms with E-state index in [-0.39, 0.29) is 0 Å². The largest absolute Gasteiger partial charge is 0.378 e. The van der Waals surface area contributed by atoms with Gasteiger partial charge in [-0.25, -0.2) is 4.98 Å². The van der Waals surface area contributed by atoms with E-state index in [0.717, 1.165) is 10.7 Å². The molecule has 2 heterocycles. The third-order valence-electron chi connectivity index (χ3n) is 3.49. The monoisotopic (exact) mass is 314 g/mol. The minimum Gasteiger partial charge on any atom is -0.378 e. The van der Waals surface area contributed by atoms with Crippen LogP contribution in [0.1, 0.15) is 28.3 Å². The highest BCUT2D eigenvalue weighted by Gasteiger charge is 2.11. The summed E-state index contributed by atoms with van der Waals surface area (Å²) in [5, 5.41) is 6.65. The van der Waals surface area contributed by atoms with Gasteiger partial charge >= 0.3 is 0 Å². The van der Waals surface area contributed by atoms with Crippen molar-refractivity contribution in [1.82, 2.24) is 4.98 Å². The number of aromatic nitrogens is 1. The average molecular weight is 314 g/mol. The Hall–Kier alpha value is -1.65. The summed E-state index contributed by atoms with van der Waals surface area (Å²) in [5.41, 5.74) is 3.71. The number of benzene rings is 1. The molecule has 1 aromatic carbocycles. The molecule has 0 bridgehead atoms. The summed E-state index contributed by atoms with van der Waals surface area (Å²) >= 11 is 3.53. The molecule has 0 aliphatic heterocycles. The second kappa shape index (κ2) is 6.00. The third-order valence-corrected chi connectivity index (χ3v) is 5.30. The first-order valence-electron chi connectivity index (χ1n) is 6.97. The van der Waals surface area contributed by atoms with E-state index < -0.39 is 0 Å². The van der Waals surface area contributed by atoms with Gasteiger partial charge in [0.25, 0.3) is 0 Å². The van der Waals surface area contributed by atoms with E-state index in [1.54, 1.807) is 11.3 Å². The second-order valence-corrected chi connectivity index (χ2v) is 7.50. The van der Waals surface area contributed by atoms with Crippen LogP contribution in [0.3, 0.4) is 0 Å². The van der Waals surface area contributed by atoms with Crippen molar-refractivity contribution < 1.29 is 0 Å². The van der Waals surface area contributed by atoms with Gasteiger partial charge in [-0.05, 0) is 56.7 Å². The minimum absolute atomic E-state index is 0.320. The molecule has 0 spiro atoms. The molecule has 0 fully saturated rings. The van der Waals surface area contributed by atoms with Gasteiger partial charge in [-0.1, -0.05) is 0 Å². The van der Waals surface area contributed by atoms with Gasteiger partial charge in [0.1, 0.15) is 5.01 Å². The van der Waals surface area contributed by atoms with E-state index in [1.807, 2.05) is 22.9 Å². The maximum atomic E-state index is 4.34. The minimum atomic E-state index is 0.320. The molecule has 0 radical (unpaired) electrons. The number of rotatable bonds is 4. The molecule has 2 aromatic heterocycles. The Kier molecular flexibility index (Phi) is 4.08. The van der Waals surface area contributed by atoms with Gasteiger partial charge in [0.15, 0.2) is 0 Å². The van der Waals surface area contributed by atoms with Crippen LogP contribution in [0.15, 0.2) is 41.9 Å². The first-order valence-corrected chi connectivity index (χ1v) is 8.66. The zero-order chi connectivity index (χ0) is 14.8. The van der Waals surface area contributed by atoms with Gasteiger partial charge in [-0.3, -0.25) is 0 Å². The maximum absolute atomic E-state index is 4.34. The molecule has 4 heteroatoms. The van der Waals surface area contributed by atoms with Crippen molar-refractivity contribution in [3.05, 3.63) is 57.2 Å². The molecule has 1 atom stereocenters. The first kappa shape index (κ1) is 14.3. The number of thiazole rings is 1. The van der Waals surface area contributed by atoms with Crippen LogP contribution in [-0.4, -0.2) is 4.98 Å². The van der Waals surface area contributed by atoms with Gasteiger partial charge in [0, 0.05) is 38.6 Å². The van der Waals surface area contributed by atoms with E-state index in [1.165, 1.54) is 20.9 Å². The standard InChI is InChI=1S/C17H18N2S2/c1-11-10-16(13(3)21-11)12(2)19-15-6-4-14(5-7-15)17-18-8-9-20-17/h4-10,12,19H,1-3H3. The lowest BCUT2D eigenvalue weighted by Crippen LogP contribution is -2.06. The number of nitrogens with zero attached hydrogens (tertiary/aromatic N) is 1. The summed E-state index contributed by atoms with van der Waals surface area (Å²) in [4.78, 5) is 7.10. The fourth-order valence-electron chi connectivity index (χ4n) is 2.48. The average Bonchev–Trinajstić information content (AvgIpc) is 3.09. The Morgan fingerprint density at radius 3 is 2.48 bits per heavy atom. The number of thiophene rings is 1. The molecule has 0 saturated heterocycles. The van der Waals surface area contributed by atoms with Gasteiger partial charge in [0.2, 0.25) is 0 Å². The van der Waals surface area contributed by atoms with Crippen LogP contribution in [-0.2, 0) is 0 Å². The summed E-state index contributed by atoms with van der Waals surface area (Å²) in [6.45, 7) is 6.57. The lowest BCUT2D eigenvalue weighted by Gasteiger charge is -2.15. The van der Waals surface area contributed by atoms with Crippen molar-refractivity contribution in [2.75, 3.05) is 5.32 Å². The summed E-state index contributed by atoms with van der Waals surface area (Å²) in [5.74, 6) is 0. The molecule has 3 aromatic rings. The summed E-state index contributed by atoms with van der Waals surface area (Å²) in [6, 6.07) is 11.1. The van der Waals surface area contributed by atoms with Crippen LogP contribution >= 0.6 is 22.7 Å². The molecule has 0 aliphatic rings. The quantitative estimate of drug-likeness (QED) is 0.672. The Morgan fingerprint density at radius 2 is 1.90 bits per heavy atom. The fraction of sp³-hybridized carbons (Fsp3) is 0.235. The predicted octanol–water partition coefficient (Wildman–Crippen LogP) is 5.66. The molecule has 2 nitrogen and oxygen atoms in total. The Morgan fingerprint density at radius 1 is 1.14 bits per heavy atom. The molecule has 3 rings (SSSR count). The van der Waals surface area contributed by atoms with Crippen LogP contribution in [0.25, 0.3) is 10.6 Å². The highest BCUT2D eigenvalue weighted by Crippen LogP contribution is 2.29. The highest BCUT2D eigenvalue weighted by molar-refractivity contribution is 7.13. The predicted molar refractivity (Wildman–Crippen MR) is 93.4 cm³/mol. The van der Waals surface area contributed by atoms with Crippen molar-refractivity contribution in [1.29, 1.82) is 0 Å². The number of aryl methyl sites for hydroxylation is 2. The van der Waals surface area contributed by atoms with Crippen molar-refractivity contribution in [2.45, 2.75) is 26.8 Å². The number of anilines is 1. The number of hydrogen-bond acceptors (Lipinski definition) is 4. The zero-order valence-electron chi connectivity index (χ0n) is 12.4. The smallest absolute Gasteiger partial charge is 0.123 e. The third kappa shape index (κ3) is 3.17. The molecule has 108 valence electrons. The van der Waals surface area contributed by atoms with Crippen molar-refractivity contribution in [3.8, 4) is 10.6 Å². The Balaban J connectivity index is 1.74. The van der Waals surface area contributed by atoms with Crippen LogP contribution in [0.4, 0.5) is 5.69 Å². The van der Waals surface area contributed by atoms with Crippen LogP contribution in [0, 0.1) is 13.8 Å². The van der Waals surface area contributed by atoms with E-state index in [9.17, 15) is 0 Å². The van der Waals surface area contributed by atoms with E-state index in [2.05, 4.69) is 61.4 Å². The molecule has 1 N–H and O–H groups in total. The molecular formula is C17H18N2S2. The topological polar surface area (TPSA) is 24.9 Å². The maximum Gasteiger partial charge on any atom is 0.123 e. The number of hydrogen-bond donors (Lipinski definition) is 1. The van der Waals surface area contributed by atoms with Crippen molar-refractivity contribution in [2.24, 2.45) is 0 Å². The Labute approximate surface area is 133 Å². The molecule has 0 aliphatic carbocycles. The lowest BCUT2D eigenvalue weighted by atomic mass is 10.1. The SMILES string of the molecule is Cc1cc(C(C)Nc2ccc(-c3nccs3)cc2)c(C)s1. The van der Waals surface area contributed by atoms with Gasteiger partial charge in [-0.15, -0.1) is 22.7 Å². The first-order chi connectivity index (χ1) is 10.1. The summed E-state index contributed by atoms with van der Waals surface area (Å²) in [6.07, 6.45) is 1.84. The Bertz CT molecular complexity index is 712. The molecule has 0 saturated carbocycles. The van der Waals surface area contributed by atoms with Gasteiger partial charge < -0.3 is 5.32 Å². The van der Waals surface area contributed by atoms with Crippen LogP contribution < -0.4 is 5.32 Å². The van der Waals surface area contributed by atoms with Crippen LogP contribution in [0.2, 0.25) is 0 Å². The van der Waals surface area contributed by atoms with E-state index in [0.29, 0.717) is 6.04 Å². The molecule has 1 unspecified atom stereocenters. The zero-order valence-corrected chi connectivity index (χ0v) is 14.0. The van der Waals surface area contributed by atoms with Gasteiger partial charge in [0.05, 0.1) is 0 Å². The molecule has 21 heavy (non-hydrogen) atoms. The van der Waals surface area contributed by atoms with Crippen molar-refractivity contribution >= 4 is 28.4 Å². The van der Waals surface area contributed by atoms with Gasteiger partial charge in [-0.2, -0.15) is 0 Å². The highest BCUT2D eigenvalue weighted by atomic mass is 32.1. The lowest BCUT2D eigenvalue weighted by molar-refractivity contribution is 0.882. The van der Waals surface area contributed by atoms with Crippen LogP contribution in [0.5, 0.6) is 0 Å². The van der Waals surface area contributed by atoms with E-state index >= 15 is 0 Å². The normalized spacial score (nSPS) is 12.3.